The second-order valence-electron chi connectivity index (χ2n) is 4.02. The zero-order chi connectivity index (χ0) is 10.5. The van der Waals surface area contributed by atoms with Crippen LogP contribution in [-0.4, -0.2) is 22.4 Å². The van der Waals surface area contributed by atoms with Gasteiger partial charge >= 0.3 is 0 Å². The summed E-state index contributed by atoms with van der Waals surface area (Å²) in [4.78, 5) is 11.4. The normalized spacial score (nSPS) is 21.5. The maximum absolute atomic E-state index is 11.4. The summed E-state index contributed by atoms with van der Waals surface area (Å²) >= 11 is 0. The maximum atomic E-state index is 11.4. The monoisotopic (exact) mass is 207 g/mol. The Bertz CT molecular complexity index is 355. The SMILES string of the molecule is O=c1cccnn1CCC1CCCCN1. The van der Waals surface area contributed by atoms with E-state index in [2.05, 4.69) is 10.4 Å². The van der Waals surface area contributed by atoms with Gasteiger partial charge in [-0.05, 0) is 31.9 Å². The van der Waals surface area contributed by atoms with Gasteiger partial charge in [0, 0.05) is 24.8 Å². The standard InChI is InChI=1S/C11H17N3O/c15-11-5-3-8-13-14(11)9-6-10-4-1-2-7-12-10/h3,5,8,10,12H,1-2,4,6-7,9H2. The van der Waals surface area contributed by atoms with E-state index in [-0.39, 0.29) is 5.56 Å². The second-order valence-corrected chi connectivity index (χ2v) is 4.02. The van der Waals surface area contributed by atoms with Crippen LogP contribution in [0.25, 0.3) is 0 Å². The minimum absolute atomic E-state index is 0.00619. The van der Waals surface area contributed by atoms with Gasteiger partial charge in [-0.2, -0.15) is 5.10 Å². The molecule has 82 valence electrons. The fourth-order valence-electron chi connectivity index (χ4n) is 2.00. The highest BCUT2D eigenvalue weighted by Gasteiger charge is 2.12. The van der Waals surface area contributed by atoms with Gasteiger partial charge in [-0.25, -0.2) is 4.68 Å². The third-order valence-corrected chi connectivity index (χ3v) is 2.89. The summed E-state index contributed by atoms with van der Waals surface area (Å²) in [5, 5.41) is 7.50. The first-order chi connectivity index (χ1) is 7.36. The minimum Gasteiger partial charge on any atom is -0.314 e. The average Bonchev–Trinajstić information content (AvgIpc) is 2.29. The molecule has 0 saturated carbocycles. The number of hydrogen-bond acceptors (Lipinski definition) is 3. The highest BCUT2D eigenvalue weighted by Crippen LogP contribution is 2.10. The molecule has 1 aromatic rings. The lowest BCUT2D eigenvalue weighted by molar-refractivity contribution is 0.357. The molecule has 1 aromatic heterocycles. The summed E-state index contributed by atoms with van der Waals surface area (Å²) in [5.41, 5.74) is -0.00619. The summed E-state index contributed by atoms with van der Waals surface area (Å²) in [6, 6.07) is 3.80. The molecule has 4 heteroatoms. The van der Waals surface area contributed by atoms with Crippen LogP contribution >= 0.6 is 0 Å². The molecule has 2 heterocycles. The summed E-state index contributed by atoms with van der Waals surface area (Å²) in [6.45, 7) is 1.83. The second kappa shape index (κ2) is 5.07. The molecule has 0 bridgehead atoms. The Morgan fingerprint density at radius 1 is 1.53 bits per heavy atom. The molecular weight excluding hydrogens is 190 g/mol. The quantitative estimate of drug-likeness (QED) is 0.796. The molecule has 0 aliphatic carbocycles. The number of nitrogens with one attached hydrogen (secondary N) is 1. The van der Waals surface area contributed by atoms with Gasteiger partial charge in [-0.3, -0.25) is 4.79 Å². The maximum Gasteiger partial charge on any atom is 0.266 e. The smallest absolute Gasteiger partial charge is 0.266 e. The Morgan fingerprint density at radius 3 is 3.20 bits per heavy atom. The number of aryl methyl sites for hydroxylation is 1. The van der Waals surface area contributed by atoms with Gasteiger partial charge in [-0.15, -0.1) is 0 Å². The molecule has 1 N–H and O–H groups in total. The van der Waals surface area contributed by atoms with E-state index in [0.29, 0.717) is 6.04 Å². The van der Waals surface area contributed by atoms with Crippen molar-refractivity contribution in [1.82, 2.24) is 15.1 Å². The number of hydrogen-bond donors (Lipinski definition) is 1. The molecule has 1 fully saturated rings. The van der Waals surface area contributed by atoms with Crippen molar-refractivity contribution in [3.8, 4) is 0 Å². The highest BCUT2D eigenvalue weighted by atomic mass is 16.1. The molecule has 0 amide bonds. The van der Waals surface area contributed by atoms with Gasteiger partial charge in [0.15, 0.2) is 0 Å². The van der Waals surface area contributed by atoms with E-state index in [1.807, 2.05) is 0 Å². The van der Waals surface area contributed by atoms with Crippen molar-refractivity contribution in [2.24, 2.45) is 0 Å². The molecule has 0 radical (unpaired) electrons. The van der Waals surface area contributed by atoms with E-state index < -0.39 is 0 Å². The van der Waals surface area contributed by atoms with Gasteiger partial charge in [0.2, 0.25) is 0 Å². The zero-order valence-corrected chi connectivity index (χ0v) is 8.85. The first kappa shape index (κ1) is 10.4. The van der Waals surface area contributed by atoms with Crippen LogP contribution < -0.4 is 10.9 Å². The highest BCUT2D eigenvalue weighted by molar-refractivity contribution is 4.85. The summed E-state index contributed by atoms with van der Waals surface area (Å²) in [6.07, 6.45) is 6.46. The molecule has 15 heavy (non-hydrogen) atoms. The largest absolute Gasteiger partial charge is 0.314 e. The van der Waals surface area contributed by atoms with Crippen LogP contribution in [0.1, 0.15) is 25.7 Å². The van der Waals surface area contributed by atoms with Gasteiger partial charge in [0.05, 0.1) is 0 Å². The Hall–Kier alpha value is -1.16. The van der Waals surface area contributed by atoms with Crippen molar-refractivity contribution in [2.45, 2.75) is 38.3 Å². The Labute approximate surface area is 89.3 Å². The molecule has 1 atom stereocenters. The van der Waals surface area contributed by atoms with Crippen LogP contribution in [-0.2, 0) is 6.54 Å². The van der Waals surface area contributed by atoms with Crippen LogP contribution in [0.3, 0.4) is 0 Å². The van der Waals surface area contributed by atoms with E-state index in [1.165, 1.54) is 23.9 Å². The van der Waals surface area contributed by atoms with Crippen molar-refractivity contribution >= 4 is 0 Å². The van der Waals surface area contributed by atoms with Crippen molar-refractivity contribution in [1.29, 1.82) is 0 Å². The lowest BCUT2D eigenvalue weighted by Gasteiger charge is -2.23. The van der Waals surface area contributed by atoms with E-state index in [9.17, 15) is 4.79 Å². The zero-order valence-electron chi connectivity index (χ0n) is 8.85. The minimum atomic E-state index is -0.00619. The first-order valence-corrected chi connectivity index (χ1v) is 5.62. The van der Waals surface area contributed by atoms with Crippen molar-refractivity contribution in [3.63, 3.8) is 0 Å². The predicted octanol–water partition coefficient (Wildman–Crippen LogP) is 0.775. The molecular formula is C11H17N3O. The Kier molecular flexibility index (Phi) is 3.50. The molecule has 0 spiro atoms. The molecule has 1 unspecified atom stereocenters. The predicted molar refractivity (Wildman–Crippen MR) is 58.8 cm³/mol. The van der Waals surface area contributed by atoms with Crippen LogP contribution in [0.2, 0.25) is 0 Å². The van der Waals surface area contributed by atoms with Crippen molar-refractivity contribution < 1.29 is 0 Å². The fourth-order valence-corrected chi connectivity index (χ4v) is 2.00. The van der Waals surface area contributed by atoms with Crippen LogP contribution in [0.5, 0.6) is 0 Å². The van der Waals surface area contributed by atoms with Crippen LogP contribution in [0, 0.1) is 0 Å². The average molecular weight is 207 g/mol. The topological polar surface area (TPSA) is 46.9 Å². The number of rotatable bonds is 3. The Morgan fingerprint density at radius 2 is 2.47 bits per heavy atom. The summed E-state index contributed by atoms with van der Waals surface area (Å²) in [5.74, 6) is 0. The number of nitrogens with zero attached hydrogens (tertiary/aromatic N) is 2. The lowest BCUT2D eigenvalue weighted by atomic mass is 10.0. The molecule has 1 saturated heterocycles. The van der Waals surface area contributed by atoms with Crippen LogP contribution in [0.15, 0.2) is 23.1 Å². The van der Waals surface area contributed by atoms with Crippen molar-refractivity contribution in [2.75, 3.05) is 6.54 Å². The van der Waals surface area contributed by atoms with E-state index >= 15 is 0 Å². The van der Waals surface area contributed by atoms with Gasteiger partial charge in [-0.1, -0.05) is 6.42 Å². The molecule has 1 aliphatic rings. The number of aromatic nitrogens is 2. The van der Waals surface area contributed by atoms with E-state index in [4.69, 9.17) is 0 Å². The van der Waals surface area contributed by atoms with E-state index in [0.717, 1.165) is 19.5 Å². The fraction of sp³-hybridized carbons (Fsp3) is 0.636. The third-order valence-electron chi connectivity index (χ3n) is 2.89. The molecule has 2 rings (SSSR count). The van der Waals surface area contributed by atoms with Gasteiger partial charge in [0.1, 0.15) is 0 Å². The molecule has 1 aliphatic heterocycles. The Balaban J connectivity index is 1.87. The lowest BCUT2D eigenvalue weighted by Crippen LogP contribution is -2.35. The summed E-state index contributed by atoms with van der Waals surface area (Å²) < 4.78 is 1.54. The third kappa shape index (κ3) is 2.89. The van der Waals surface area contributed by atoms with E-state index in [1.54, 1.807) is 18.3 Å². The number of piperidine rings is 1. The molecule has 4 nitrogen and oxygen atoms in total. The van der Waals surface area contributed by atoms with Crippen LogP contribution in [0.4, 0.5) is 0 Å². The first-order valence-electron chi connectivity index (χ1n) is 5.62. The van der Waals surface area contributed by atoms with Gasteiger partial charge < -0.3 is 5.32 Å². The van der Waals surface area contributed by atoms with Gasteiger partial charge in [0.25, 0.3) is 5.56 Å². The molecule has 0 aromatic carbocycles. The summed E-state index contributed by atoms with van der Waals surface area (Å²) in [7, 11) is 0. The van der Waals surface area contributed by atoms with Crippen molar-refractivity contribution in [3.05, 3.63) is 28.7 Å².